The normalized spacial score (nSPS) is 28.2. The summed E-state index contributed by atoms with van der Waals surface area (Å²) in [7, 11) is 0. The number of rotatable bonds is 12. The molecule has 8 N–H and O–H groups in total. The van der Waals surface area contributed by atoms with E-state index in [0.717, 1.165) is 31.2 Å². The molecule has 0 radical (unpaired) electrons. The molecule has 1 saturated carbocycles. The molecule has 4 amide bonds. The first-order chi connectivity index (χ1) is 27.5. The number of aromatic hydroxyl groups is 1. The number of ether oxygens (including phenoxy) is 2. The van der Waals surface area contributed by atoms with Gasteiger partial charge in [0, 0.05) is 58.1 Å². The highest BCUT2D eigenvalue weighted by molar-refractivity contribution is 5.95. The van der Waals surface area contributed by atoms with Crippen LogP contribution in [0.3, 0.4) is 0 Å². The number of benzene rings is 2. The molecule has 1 spiro atoms. The molecular formula is C41H56FN5O11. The third-order valence-electron chi connectivity index (χ3n) is 12.5. The molecule has 3 saturated heterocycles. The number of likely N-dealkylation sites (tertiary alicyclic amines) is 1. The fourth-order valence-corrected chi connectivity index (χ4v) is 9.25. The minimum absolute atomic E-state index is 0.0411. The molecule has 4 fully saturated rings. The van der Waals surface area contributed by atoms with E-state index in [1.54, 1.807) is 30.9 Å². The number of carboxylic acids is 1. The number of nitrogens with zero attached hydrogens (tertiary/aromatic N) is 2. The summed E-state index contributed by atoms with van der Waals surface area (Å²) in [6, 6.07) is 7.60. The Balaban J connectivity index is 1.15. The van der Waals surface area contributed by atoms with Crippen LogP contribution >= 0.6 is 0 Å². The molecule has 2 aromatic rings. The Morgan fingerprint density at radius 3 is 2.33 bits per heavy atom. The Morgan fingerprint density at radius 2 is 1.69 bits per heavy atom. The zero-order chi connectivity index (χ0) is 42.0. The van der Waals surface area contributed by atoms with E-state index >= 15 is 0 Å². The summed E-state index contributed by atoms with van der Waals surface area (Å²) in [6.45, 7) is 5.89. The molecule has 318 valence electrons. The van der Waals surface area contributed by atoms with E-state index in [-0.39, 0.29) is 42.7 Å². The number of aliphatic carboxylic acids is 1. The number of hydrogen-bond donors (Lipinski definition) is 8. The molecular weight excluding hydrogens is 757 g/mol. The Hall–Kier alpha value is -4.39. The number of carbonyl (C=O) groups is 4. The second kappa shape index (κ2) is 17.5. The fraction of sp³-hybridized carbons (Fsp3) is 0.610. The largest absolute Gasteiger partial charge is 0.507 e. The zero-order valence-corrected chi connectivity index (χ0v) is 33.2. The molecule has 2 aromatic carbocycles. The maximum absolute atomic E-state index is 13.9. The summed E-state index contributed by atoms with van der Waals surface area (Å²) in [5.74, 6) is -2.92. The lowest BCUT2D eigenvalue weighted by atomic mass is 9.81. The Labute approximate surface area is 336 Å². The van der Waals surface area contributed by atoms with E-state index in [1.807, 2.05) is 0 Å². The topological polar surface area (TPSA) is 230 Å². The van der Waals surface area contributed by atoms with Crippen LogP contribution in [0, 0.1) is 19.7 Å². The summed E-state index contributed by atoms with van der Waals surface area (Å²) in [6.07, 6.45) is -3.47. The first kappa shape index (κ1) is 43.2. The summed E-state index contributed by atoms with van der Waals surface area (Å²) < 4.78 is 25.9. The molecule has 3 heterocycles. The highest BCUT2D eigenvalue weighted by Crippen LogP contribution is 2.41. The van der Waals surface area contributed by atoms with Crippen LogP contribution in [0.4, 0.5) is 9.18 Å². The van der Waals surface area contributed by atoms with E-state index in [2.05, 4.69) is 20.9 Å². The fourth-order valence-electron chi connectivity index (χ4n) is 9.25. The summed E-state index contributed by atoms with van der Waals surface area (Å²) in [4.78, 5) is 56.0. The van der Waals surface area contributed by atoms with Crippen LogP contribution in [0.15, 0.2) is 36.4 Å². The predicted octanol–water partition coefficient (Wildman–Crippen LogP) is 1.42. The third-order valence-corrected chi connectivity index (χ3v) is 12.5. The quantitative estimate of drug-likeness (QED) is 0.152. The molecule has 7 atom stereocenters. The number of aliphatic hydroxyl groups excluding tert-OH is 3. The number of aliphatic hydroxyl groups is 3. The number of urea groups is 1. The summed E-state index contributed by atoms with van der Waals surface area (Å²) in [5, 5.41) is 63.0. The van der Waals surface area contributed by atoms with Crippen LogP contribution in [-0.4, -0.2) is 147 Å². The molecule has 0 unspecified atom stereocenters. The van der Waals surface area contributed by atoms with Crippen molar-refractivity contribution in [2.45, 2.75) is 113 Å². The molecule has 17 heteroatoms. The number of phenolic OH excluding ortho intramolecular Hbond substituents is 1. The highest BCUT2D eigenvalue weighted by Gasteiger charge is 2.56. The van der Waals surface area contributed by atoms with Crippen molar-refractivity contribution in [3.8, 4) is 5.75 Å². The lowest BCUT2D eigenvalue weighted by Crippen LogP contribution is -2.68. The molecule has 6 rings (SSSR count). The number of halogens is 1. The average molecular weight is 814 g/mol. The number of carbonyl (C=O) groups excluding carboxylic acids is 3. The maximum atomic E-state index is 13.9. The van der Waals surface area contributed by atoms with Crippen LogP contribution in [0.1, 0.15) is 78.9 Å². The van der Waals surface area contributed by atoms with E-state index in [4.69, 9.17) is 9.47 Å². The van der Waals surface area contributed by atoms with Gasteiger partial charge in [0.15, 0.2) is 5.60 Å². The van der Waals surface area contributed by atoms with Gasteiger partial charge >= 0.3 is 12.0 Å². The molecule has 58 heavy (non-hydrogen) atoms. The van der Waals surface area contributed by atoms with Gasteiger partial charge < -0.3 is 55.9 Å². The van der Waals surface area contributed by atoms with Gasteiger partial charge in [-0.1, -0.05) is 25.0 Å². The summed E-state index contributed by atoms with van der Waals surface area (Å²) >= 11 is 0. The van der Waals surface area contributed by atoms with Gasteiger partial charge in [0.2, 0.25) is 5.91 Å². The molecule has 3 aliphatic heterocycles. The Kier molecular flexibility index (Phi) is 13.0. The van der Waals surface area contributed by atoms with Crippen LogP contribution in [0.25, 0.3) is 0 Å². The van der Waals surface area contributed by atoms with E-state index < -0.39 is 77.9 Å². The smallest absolute Gasteiger partial charge is 0.336 e. The van der Waals surface area contributed by atoms with Crippen LogP contribution in [-0.2, 0) is 24.6 Å². The van der Waals surface area contributed by atoms with Crippen molar-refractivity contribution in [2.24, 2.45) is 0 Å². The molecule has 4 aliphatic rings. The van der Waals surface area contributed by atoms with Crippen molar-refractivity contribution in [3.63, 3.8) is 0 Å². The molecule has 0 aromatic heterocycles. The minimum atomic E-state index is -2.07. The van der Waals surface area contributed by atoms with Gasteiger partial charge in [0.05, 0.1) is 42.5 Å². The molecule has 16 nitrogen and oxygen atoms in total. The number of nitrogens with one attached hydrogen (secondary N) is 3. The van der Waals surface area contributed by atoms with Gasteiger partial charge in [0.25, 0.3) is 5.91 Å². The third kappa shape index (κ3) is 8.94. The molecule has 1 aliphatic carbocycles. The van der Waals surface area contributed by atoms with Crippen molar-refractivity contribution in [1.29, 1.82) is 0 Å². The standard InChI is InChI=1S/C41H56FN5O11/c1-24-18-27(19-25(2)33(24)51)36(53)43-21-31(50)34(52)35-32(44-26(3)48)30(49)20-41(58-35,37(54)55)13-15-47-16-17-57-23-39(47)12-14-46(22-39)38(56)45-40(10-4-5-11-40)28-6-8-29(42)9-7-28/h6-9,18-19,30-32,34-35,49-52H,4-5,10-17,20-23H2,1-3H3,(H,43,53)(H,44,48)(H,45,56)(H,54,55)/t30-,31+,32+,34+,35+,39-,41+/m0/s1. The van der Waals surface area contributed by atoms with Gasteiger partial charge in [0.1, 0.15) is 23.8 Å². The van der Waals surface area contributed by atoms with Crippen LogP contribution < -0.4 is 16.0 Å². The molecule has 0 bridgehead atoms. The number of aryl methyl sites for hydroxylation is 2. The first-order valence-corrected chi connectivity index (χ1v) is 19.9. The number of phenols is 1. The van der Waals surface area contributed by atoms with E-state index in [0.29, 0.717) is 43.8 Å². The highest BCUT2D eigenvalue weighted by atomic mass is 19.1. The number of hydrogen-bond acceptors (Lipinski definition) is 11. The van der Waals surface area contributed by atoms with Crippen LogP contribution in [0.2, 0.25) is 0 Å². The second-order valence-electron chi connectivity index (χ2n) is 16.5. The minimum Gasteiger partial charge on any atom is -0.507 e. The van der Waals surface area contributed by atoms with Crippen LogP contribution in [0.5, 0.6) is 5.75 Å². The SMILES string of the molecule is CC(=O)N[C@H]1[C@H]([C@H](O)[C@H](O)CNC(=O)c2cc(C)c(O)c(C)c2)O[C@@](CCN2CCOC[C@@]23CCN(C(=O)NC2(c4ccc(F)cc4)CCCC2)C3)(C(=O)O)C[C@@H]1O. The maximum Gasteiger partial charge on any atom is 0.336 e. The van der Waals surface area contributed by atoms with Gasteiger partial charge in [-0.05, 0) is 74.1 Å². The first-order valence-electron chi connectivity index (χ1n) is 19.9. The summed E-state index contributed by atoms with van der Waals surface area (Å²) in [5.41, 5.74) is -1.34. The number of carboxylic acid groups (broad SMARTS) is 1. The average Bonchev–Trinajstić information content (AvgIpc) is 3.84. The van der Waals surface area contributed by atoms with E-state index in [9.17, 15) is 49.1 Å². The lowest BCUT2D eigenvalue weighted by Gasteiger charge is -2.49. The second-order valence-corrected chi connectivity index (χ2v) is 16.5. The van der Waals surface area contributed by atoms with Crippen molar-refractivity contribution in [2.75, 3.05) is 45.9 Å². The van der Waals surface area contributed by atoms with Gasteiger partial charge in [-0.3, -0.25) is 14.5 Å². The van der Waals surface area contributed by atoms with Gasteiger partial charge in [-0.15, -0.1) is 0 Å². The Bertz CT molecular complexity index is 1820. The zero-order valence-electron chi connectivity index (χ0n) is 33.2. The van der Waals surface area contributed by atoms with Crippen molar-refractivity contribution < 1.29 is 58.6 Å². The number of morpholine rings is 1. The van der Waals surface area contributed by atoms with Crippen molar-refractivity contribution in [1.82, 2.24) is 25.8 Å². The van der Waals surface area contributed by atoms with Crippen molar-refractivity contribution in [3.05, 3.63) is 64.5 Å². The Morgan fingerprint density at radius 1 is 1.02 bits per heavy atom. The lowest BCUT2D eigenvalue weighted by molar-refractivity contribution is -0.231. The predicted molar refractivity (Wildman–Crippen MR) is 206 cm³/mol. The number of amides is 4. The van der Waals surface area contributed by atoms with Crippen molar-refractivity contribution >= 4 is 23.8 Å². The van der Waals surface area contributed by atoms with Gasteiger partial charge in [-0.2, -0.15) is 0 Å². The monoisotopic (exact) mass is 813 g/mol. The van der Waals surface area contributed by atoms with Gasteiger partial charge in [-0.25, -0.2) is 14.0 Å². The van der Waals surface area contributed by atoms with E-state index in [1.165, 1.54) is 31.2 Å².